The number of nitrogens with zero attached hydrogens (tertiary/aromatic N) is 2. The molecule has 7 nitrogen and oxygen atoms in total. The average molecular weight is 653 g/mol. The van der Waals surface area contributed by atoms with E-state index in [1.807, 2.05) is 43.3 Å². The molecule has 1 unspecified atom stereocenters. The van der Waals surface area contributed by atoms with Crippen molar-refractivity contribution in [1.82, 2.24) is 10.2 Å². The third-order valence-electron chi connectivity index (χ3n) is 7.07. The molecule has 10 heteroatoms. The molecule has 0 saturated heterocycles. The molecule has 0 bridgehead atoms. The van der Waals surface area contributed by atoms with Gasteiger partial charge in [-0.3, -0.25) is 13.9 Å². The predicted octanol–water partition coefficient (Wildman–Crippen LogP) is 6.75. The SMILES string of the molecule is CCCCNC(=O)C(Cc1ccccc1)N(Cc1cccc(Cl)c1)C(=O)CN(c1ccccc1Cl)S(=O)(=O)c1ccccc1. The molecule has 0 aliphatic rings. The largest absolute Gasteiger partial charge is 0.354 e. The number of rotatable bonds is 14. The highest BCUT2D eigenvalue weighted by molar-refractivity contribution is 7.92. The van der Waals surface area contributed by atoms with E-state index in [1.54, 1.807) is 60.7 Å². The topological polar surface area (TPSA) is 86.8 Å². The standard InChI is InChI=1S/C34H35Cl2N3O4S/c1-2-3-21-37-34(41)32(23-26-13-6-4-7-14-26)38(24-27-15-12-16-28(35)22-27)33(40)25-39(31-20-11-10-19-30(31)36)44(42,43)29-17-8-5-9-18-29/h4-20,22,32H,2-3,21,23-25H2,1H3,(H,37,41). The fraction of sp³-hybridized carbons (Fsp3) is 0.235. The van der Waals surface area contributed by atoms with Gasteiger partial charge in [-0.1, -0.05) is 109 Å². The van der Waals surface area contributed by atoms with Gasteiger partial charge in [0, 0.05) is 24.5 Å². The van der Waals surface area contributed by atoms with Gasteiger partial charge in [0.25, 0.3) is 10.0 Å². The van der Waals surface area contributed by atoms with Crippen LogP contribution in [-0.2, 0) is 32.6 Å². The molecule has 0 aliphatic heterocycles. The van der Waals surface area contributed by atoms with Crippen LogP contribution >= 0.6 is 23.2 Å². The van der Waals surface area contributed by atoms with Gasteiger partial charge in [-0.05, 0) is 53.9 Å². The second-order valence-electron chi connectivity index (χ2n) is 10.3. The van der Waals surface area contributed by atoms with Crippen molar-refractivity contribution < 1.29 is 18.0 Å². The Morgan fingerprint density at radius 2 is 1.45 bits per heavy atom. The first-order valence-electron chi connectivity index (χ1n) is 14.4. The van der Waals surface area contributed by atoms with Crippen molar-refractivity contribution in [2.24, 2.45) is 0 Å². The third kappa shape index (κ3) is 8.62. The second kappa shape index (κ2) is 15.7. The van der Waals surface area contributed by atoms with Crippen LogP contribution in [-0.4, -0.2) is 44.3 Å². The van der Waals surface area contributed by atoms with Crippen molar-refractivity contribution in [2.75, 3.05) is 17.4 Å². The van der Waals surface area contributed by atoms with Crippen molar-refractivity contribution in [3.8, 4) is 0 Å². The van der Waals surface area contributed by atoms with E-state index in [4.69, 9.17) is 23.2 Å². The van der Waals surface area contributed by atoms with Crippen LogP contribution in [0.15, 0.2) is 114 Å². The van der Waals surface area contributed by atoms with Crippen LogP contribution in [0.1, 0.15) is 30.9 Å². The average Bonchev–Trinajstić information content (AvgIpc) is 3.03. The Morgan fingerprint density at radius 3 is 2.11 bits per heavy atom. The molecule has 1 N–H and O–H groups in total. The summed E-state index contributed by atoms with van der Waals surface area (Å²) < 4.78 is 29.0. The van der Waals surface area contributed by atoms with E-state index in [0.717, 1.165) is 22.7 Å². The number of sulfonamides is 1. The first kappa shape index (κ1) is 33.1. The maximum atomic E-state index is 14.4. The summed E-state index contributed by atoms with van der Waals surface area (Å²) in [4.78, 5) is 29.6. The molecular weight excluding hydrogens is 617 g/mol. The van der Waals surface area contributed by atoms with E-state index in [1.165, 1.54) is 17.0 Å². The fourth-order valence-electron chi connectivity index (χ4n) is 4.78. The van der Waals surface area contributed by atoms with Gasteiger partial charge in [0.1, 0.15) is 12.6 Å². The van der Waals surface area contributed by atoms with Crippen LogP contribution < -0.4 is 9.62 Å². The van der Waals surface area contributed by atoms with Crippen LogP contribution in [0.25, 0.3) is 0 Å². The third-order valence-corrected chi connectivity index (χ3v) is 9.40. The lowest BCUT2D eigenvalue weighted by molar-refractivity contribution is -0.140. The first-order chi connectivity index (χ1) is 21.2. The predicted molar refractivity (Wildman–Crippen MR) is 176 cm³/mol. The van der Waals surface area contributed by atoms with Gasteiger partial charge >= 0.3 is 0 Å². The minimum atomic E-state index is -4.23. The quantitative estimate of drug-likeness (QED) is 0.153. The van der Waals surface area contributed by atoms with Gasteiger partial charge in [0.05, 0.1) is 15.6 Å². The van der Waals surface area contributed by atoms with E-state index < -0.39 is 28.5 Å². The molecule has 0 fully saturated rings. The molecule has 0 aliphatic carbocycles. The molecule has 0 radical (unpaired) electrons. The Bertz CT molecular complexity index is 1650. The summed E-state index contributed by atoms with van der Waals surface area (Å²) in [5.74, 6) is -0.899. The molecule has 0 saturated carbocycles. The number of hydrogen-bond donors (Lipinski definition) is 1. The van der Waals surface area contributed by atoms with Gasteiger partial charge in [0.2, 0.25) is 11.8 Å². The lowest BCUT2D eigenvalue weighted by Crippen LogP contribution is -2.53. The molecule has 4 aromatic carbocycles. The highest BCUT2D eigenvalue weighted by Crippen LogP contribution is 2.31. The second-order valence-corrected chi connectivity index (χ2v) is 13.0. The van der Waals surface area contributed by atoms with Crippen molar-refractivity contribution in [2.45, 2.75) is 43.7 Å². The number of halogens is 2. The van der Waals surface area contributed by atoms with Gasteiger partial charge in [0.15, 0.2) is 0 Å². The summed E-state index contributed by atoms with van der Waals surface area (Å²) in [5.41, 5.74) is 1.70. The highest BCUT2D eigenvalue weighted by atomic mass is 35.5. The van der Waals surface area contributed by atoms with Gasteiger partial charge < -0.3 is 10.2 Å². The fourth-order valence-corrected chi connectivity index (χ4v) is 6.73. The molecular formula is C34H35Cl2N3O4S. The van der Waals surface area contributed by atoms with E-state index in [0.29, 0.717) is 17.1 Å². The zero-order chi connectivity index (χ0) is 31.5. The first-order valence-corrected chi connectivity index (χ1v) is 16.6. The monoisotopic (exact) mass is 651 g/mol. The summed E-state index contributed by atoms with van der Waals surface area (Å²) in [6.45, 7) is 1.92. The molecule has 2 amide bonds. The number of unbranched alkanes of at least 4 members (excludes halogenated alkanes) is 1. The summed E-state index contributed by atoms with van der Waals surface area (Å²) >= 11 is 12.8. The number of hydrogen-bond acceptors (Lipinski definition) is 4. The molecule has 0 spiro atoms. The number of para-hydroxylation sites is 1. The van der Waals surface area contributed by atoms with Crippen LogP contribution in [0.5, 0.6) is 0 Å². The summed E-state index contributed by atoms with van der Waals surface area (Å²) in [7, 11) is -4.23. The van der Waals surface area contributed by atoms with Gasteiger partial charge in [-0.15, -0.1) is 0 Å². The van der Waals surface area contributed by atoms with Crippen LogP contribution in [0.4, 0.5) is 5.69 Å². The number of carbonyl (C=O) groups excluding carboxylic acids is 2. The van der Waals surface area contributed by atoms with E-state index in [9.17, 15) is 18.0 Å². The van der Waals surface area contributed by atoms with Crippen LogP contribution in [0.3, 0.4) is 0 Å². The molecule has 0 heterocycles. The zero-order valence-corrected chi connectivity index (χ0v) is 26.7. The molecule has 4 rings (SSSR count). The van der Waals surface area contributed by atoms with Gasteiger partial charge in [-0.2, -0.15) is 0 Å². The molecule has 230 valence electrons. The molecule has 4 aromatic rings. The Morgan fingerprint density at radius 1 is 0.818 bits per heavy atom. The Balaban J connectivity index is 1.79. The van der Waals surface area contributed by atoms with E-state index in [-0.39, 0.29) is 34.5 Å². The molecule has 44 heavy (non-hydrogen) atoms. The Kier molecular flexibility index (Phi) is 11.8. The summed E-state index contributed by atoms with van der Waals surface area (Å²) in [5, 5.41) is 3.62. The highest BCUT2D eigenvalue weighted by Gasteiger charge is 2.35. The zero-order valence-electron chi connectivity index (χ0n) is 24.4. The lowest BCUT2D eigenvalue weighted by atomic mass is 10.0. The summed E-state index contributed by atoms with van der Waals surface area (Å²) in [6.07, 6.45) is 1.89. The smallest absolute Gasteiger partial charge is 0.264 e. The van der Waals surface area contributed by atoms with E-state index >= 15 is 0 Å². The number of amides is 2. The Hall–Kier alpha value is -3.85. The van der Waals surface area contributed by atoms with Gasteiger partial charge in [-0.25, -0.2) is 8.42 Å². The number of carbonyl (C=O) groups is 2. The number of nitrogens with one attached hydrogen (secondary N) is 1. The normalized spacial score (nSPS) is 11.9. The van der Waals surface area contributed by atoms with Crippen molar-refractivity contribution in [3.63, 3.8) is 0 Å². The van der Waals surface area contributed by atoms with Crippen molar-refractivity contribution >= 4 is 50.7 Å². The van der Waals surface area contributed by atoms with Crippen molar-refractivity contribution in [1.29, 1.82) is 0 Å². The maximum absolute atomic E-state index is 14.4. The molecule has 1 atom stereocenters. The maximum Gasteiger partial charge on any atom is 0.264 e. The van der Waals surface area contributed by atoms with Crippen LogP contribution in [0, 0.1) is 0 Å². The van der Waals surface area contributed by atoms with E-state index in [2.05, 4.69) is 5.32 Å². The number of anilines is 1. The van der Waals surface area contributed by atoms with Crippen molar-refractivity contribution in [3.05, 3.63) is 130 Å². The summed E-state index contributed by atoms with van der Waals surface area (Å²) in [6, 6.07) is 29.8. The molecule has 0 aromatic heterocycles. The minimum absolute atomic E-state index is 0.00672. The van der Waals surface area contributed by atoms with Crippen LogP contribution in [0.2, 0.25) is 10.0 Å². The minimum Gasteiger partial charge on any atom is -0.354 e. The number of benzene rings is 4. The lowest BCUT2D eigenvalue weighted by Gasteiger charge is -2.34. The Labute approximate surface area is 269 Å².